The van der Waals surface area contributed by atoms with Crippen molar-refractivity contribution >= 4 is 7.85 Å². The van der Waals surface area contributed by atoms with Gasteiger partial charge in [0.15, 0.2) is 0 Å². The van der Waals surface area contributed by atoms with Crippen LogP contribution in [0.3, 0.4) is 0 Å². The van der Waals surface area contributed by atoms with Gasteiger partial charge in [0.2, 0.25) is 0 Å². The Balaban J connectivity index is 1.77. The molecule has 0 spiro atoms. The minimum absolute atomic E-state index is 1.03. The summed E-state index contributed by atoms with van der Waals surface area (Å²) in [5.74, 6) is 3.33. The van der Waals surface area contributed by atoms with E-state index in [2.05, 4.69) is 7.85 Å². The van der Waals surface area contributed by atoms with Crippen molar-refractivity contribution in [1.82, 2.24) is 0 Å². The summed E-state index contributed by atoms with van der Waals surface area (Å²) in [7, 11) is 2.41. The van der Waals surface area contributed by atoms with Gasteiger partial charge < -0.3 is 0 Å². The third kappa shape index (κ3) is 1.63. The Kier molecular flexibility index (Phi) is 2.24. The van der Waals surface area contributed by atoms with Crippen molar-refractivity contribution in [2.24, 2.45) is 11.8 Å². The van der Waals surface area contributed by atoms with Crippen LogP contribution in [0, 0.1) is 11.8 Å². The van der Waals surface area contributed by atoms with Crippen LogP contribution in [0.2, 0.25) is 5.82 Å². The molecule has 0 aromatic carbocycles. The molecule has 1 heteroatoms. The maximum atomic E-state index is 2.41. The Bertz CT molecular complexity index is 121. The van der Waals surface area contributed by atoms with E-state index in [-0.39, 0.29) is 0 Å². The van der Waals surface area contributed by atoms with Crippen molar-refractivity contribution in [3.63, 3.8) is 0 Å². The van der Waals surface area contributed by atoms with Gasteiger partial charge in [0, 0.05) is 0 Å². The summed E-state index contributed by atoms with van der Waals surface area (Å²) in [6.07, 6.45) is 10.8. The zero-order chi connectivity index (χ0) is 7.68. The summed E-state index contributed by atoms with van der Waals surface area (Å²) >= 11 is 0. The molecular weight excluding hydrogens is 131 g/mol. The van der Waals surface area contributed by atoms with E-state index in [1.54, 1.807) is 25.7 Å². The lowest BCUT2D eigenvalue weighted by atomic mass is 9.64. The van der Waals surface area contributed by atoms with Crippen LogP contribution < -0.4 is 0 Å². The molecule has 0 aromatic rings. The lowest BCUT2D eigenvalue weighted by Crippen LogP contribution is -2.25. The van der Waals surface area contributed by atoms with Crippen LogP contribution in [-0.4, -0.2) is 7.85 Å². The third-order valence-electron chi connectivity index (χ3n) is 3.88. The molecule has 62 valence electrons. The number of hydrogen-bond donors (Lipinski definition) is 0. The van der Waals surface area contributed by atoms with Crippen molar-refractivity contribution in [2.45, 2.75) is 50.8 Å². The SMILES string of the molecule is BC1CCC(C2CCC2)CC1. The predicted molar refractivity (Wildman–Crippen MR) is 51.6 cm³/mol. The molecule has 0 nitrogen and oxygen atoms in total. The molecule has 0 saturated heterocycles. The topological polar surface area (TPSA) is 0 Å². The van der Waals surface area contributed by atoms with E-state index in [0.29, 0.717) is 0 Å². The molecule has 0 atom stereocenters. The second-order valence-electron chi connectivity index (χ2n) is 4.71. The highest BCUT2D eigenvalue weighted by atomic mass is 14.3. The minimum Gasteiger partial charge on any atom is -0.0697 e. The van der Waals surface area contributed by atoms with E-state index in [1.807, 2.05) is 0 Å². The molecule has 0 amide bonds. The molecule has 2 saturated carbocycles. The third-order valence-corrected chi connectivity index (χ3v) is 3.88. The zero-order valence-corrected chi connectivity index (χ0v) is 7.68. The van der Waals surface area contributed by atoms with E-state index >= 15 is 0 Å². The largest absolute Gasteiger partial charge is 0.105 e. The molecule has 2 aliphatic carbocycles. The maximum absolute atomic E-state index is 2.41. The van der Waals surface area contributed by atoms with Gasteiger partial charge in [0.05, 0.1) is 0 Å². The average Bonchev–Trinajstić information content (AvgIpc) is 1.90. The van der Waals surface area contributed by atoms with Crippen molar-refractivity contribution < 1.29 is 0 Å². The first kappa shape index (κ1) is 7.70. The van der Waals surface area contributed by atoms with Gasteiger partial charge in [-0.25, -0.2) is 0 Å². The predicted octanol–water partition coefficient (Wildman–Crippen LogP) is 2.40. The molecule has 0 radical (unpaired) electrons. The minimum atomic E-state index is 1.03. The highest BCUT2D eigenvalue weighted by Crippen LogP contribution is 2.42. The Morgan fingerprint density at radius 1 is 0.727 bits per heavy atom. The first-order valence-electron chi connectivity index (χ1n) is 5.36. The number of hydrogen-bond acceptors (Lipinski definition) is 0. The second-order valence-corrected chi connectivity index (χ2v) is 4.71. The number of rotatable bonds is 1. The average molecular weight is 150 g/mol. The van der Waals surface area contributed by atoms with Gasteiger partial charge in [-0.05, 0) is 11.8 Å². The van der Waals surface area contributed by atoms with Crippen LogP contribution in [0.1, 0.15) is 44.9 Å². The lowest BCUT2D eigenvalue weighted by Gasteiger charge is -2.37. The summed E-state index contributed by atoms with van der Waals surface area (Å²) in [6.45, 7) is 0. The molecule has 0 aliphatic heterocycles. The molecular formula is C10H19B. The van der Waals surface area contributed by atoms with Crippen LogP contribution in [0.25, 0.3) is 0 Å². The van der Waals surface area contributed by atoms with Crippen LogP contribution in [0.4, 0.5) is 0 Å². The van der Waals surface area contributed by atoms with Crippen LogP contribution >= 0.6 is 0 Å². The first-order valence-corrected chi connectivity index (χ1v) is 5.36. The molecule has 0 heterocycles. The van der Waals surface area contributed by atoms with Crippen LogP contribution in [0.5, 0.6) is 0 Å². The standard InChI is InChI=1S/C10H19B/c11-10-6-4-9(5-7-10)8-2-1-3-8/h8-10H,1-7,11H2. The van der Waals surface area contributed by atoms with E-state index in [1.165, 1.54) is 19.3 Å². The van der Waals surface area contributed by atoms with E-state index in [9.17, 15) is 0 Å². The van der Waals surface area contributed by atoms with Crippen molar-refractivity contribution in [2.75, 3.05) is 0 Å². The van der Waals surface area contributed by atoms with Gasteiger partial charge in [-0.15, -0.1) is 0 Å². The second kappa shape index (κ2) is 3.20. The fraction of sp³-hybridized carbons (Fsp3) is 1.00. The van der Waals surface area contributed by atoms with Crippen molar-refractivity contribution in [1.29, 1.82) is 0 Å². The molecule has 2 fully saturated rings. The summed E-state index contributed by atoms with van der Waals surface area (Å²) in [6, 6.07) is 0. The molecule has 0 aromatic heterocycles. The quantitative estimate of drug-likeness (QED) is 0.503. The molecule has 0 unspecified atom stereocenters. The highest BCUT2D eigenvalue weighted by Gasteiger charge is 2.29. The van der Waals surface area contributed by atoms with Gasteiger partial charge in [-0.3, -0.25) is 0 Å². The summed E-state index contributed by atoms with van der Waals surface area (Å²) in [5, 5.41) is 0. The Morgan fingerprint density at radius 2 is 1.27 bits per heavy atom. The van der Waals surface area contributed by atoms with Crippen molar-refractivity contribution in [3.8, 4) is 0 Å². The summed E-state index contributed by atoms with van der Waals surface area (Å²) in [5.41, 5.74) is 0. The van der Waals surface area contributed by atoms with Crippen LogP contribution in [0.15, 0.2) is 0 Å². The molecule has 11 heavy (non-hydrogen) atoms. The highest BCUT2D eigenvalue weighted by molar-refractivity contribution is 6.11. The van der Waals surface area contributed by atoms with E-state index in [0.717, 1.165) is 17.7 Å². The van der Waals surface area contributed by atoms with Gasteiger partial charge in [0.25, 0.3) is 0 Å². The van der Waals surface area contributed by atoms with Crippen molar-refractivity contribution in [3.05, 3.63) is 0 Å². The maximum Gasteiger partial charge on any atom is 0.105 e. The molecule has 2 aliphatic rings. The fourth-order valence-electron chi connectivity index (χ4n) is 2.67. The first-order chi connectivity index (χ1) is 5.36. The van der Waals surface area contributed by atoms with Gasteiger partial charge >= 0.3 is 0 Å². The monoisotopic (exact) mass is 150 g/mol. The van der Waals surface area contributed by atoms with E-state index < -0.39 is 0 Å². The smallest absolute Gasteiger partial charge is 0.0697 e. The molecule has 0 bridgehead atoms. The lowest BCUT2D eigenvalue weighted by molar-refractivity contribution is 0.162. The summed E-state index contributed by atoms with van der Waals surface area (Å²) < 4.78 is 0. The van der Waals surface area contributed by atoms with Crippen LogP contribution in [-0.2, 0) is 0 Å². The Morgan fingerprint density at radius 3 is 1.73 bits per heavy atom. The van der Waals surface area contributed by atoms with Gasteiger partial charge in [0.1, 0.15) is 7.85 Å². The van der Waals surface area contributed by atoms with E-state index in [4.69, 9.17) is 0 Å². The molecule has 0 N–H and O–H groups in total. The Labute approximate surface area is 71.2 Å². The fourth-order valence-corrected chi connectivity index (χ4v) is 2.67. The van der Waals surface area contributed by atoms with Gasteiger partial charge in [-0.2, -0.15) is 0 Å². The normalized spacial score (nSPS) is 40.0. The summed E-state index contributed by atoms with van der Waals surface area (Å²) in [4.78, 5) is 0. The zero-order valence-electron chi connectivity index (χ0n) is 7.68. The van der Waals surface area contributed by atoms with Gasteiger partial charge in [-0.1, -0.05) is 50.8 Å². The molecule has 2 rings (SSSR count). The Hall–Kier alpha value is 0.0649.